The van der Waals surface area contributed by atoms with Crippen LogP contribution in [-0.2, 0) is 4.74 Å². The largest absolute Gasteiger partial charge is 0.462 e. The summed E-state index contributed by atoms with van der Waals surface area (Å²) in [7, 11) is 0. The highest BCUT2D eigenvalue weighted by Crippen LogP contribution is 2.16. The Balaban J connectivity index is 3.22. The summed E-state index contributed by atoms with van der Waals surface area (Å²) in [5.74, 6) is -1.75. The highest BCUT2D eigenvalue weighted by atomic mass is 19.1. The van der Waals surface area contributed by atoms with Crippen LogP contribution in [-0.4, -0.2) is 18.4 Å². The van der Waals surface area contributed by atoms with Gasteiger partial charge >= 0.3 is 5.97 Å². The summed E-state index contributed by atoms with van der Waals surface area (Å²) < 4.78 is 18.2. The molecule has 0 aliphatic carbocycles. The van der Waals surface area contributed by atoms with E-state index < -0.39 is 17.6 Å². The van der Waals surface area contributed by atoms with E-state index in [2.05, 4.69) is 0 Å². The molecule has 1 aromatic carbocycles. The van der Waals surface area contributed by atoms with Crippen LogP contribution in [0.4, 0.5) is 4.39 Å². The number of carbonyl (C=O) groups excluding carboxylic acids is 2. The van der Waals surface area contributed by atoms with Gasteiger partial charge in [0.1, 0.15) is 5.82 Å². The predicted molar refractivity (Wildman–Crippen MR) is 57.0 cm³/mol. The molecule has 0 saturated carbocycles. The maximum absolute atomic E-state index is 13.5. The molecule has 0 radical (unpaired) electrons. The number of hydrogen-bond donors (Lipinski definition) is 0. The van der Waals surface area contributed by atoms with Crippen LogP contribution in [0.1, 0.15) is 41.0 Å². The van der Waals surface area contributed by atoms with E-state index in [1.165, 1.54) is 12.1 Å². The number of hydrogen-bond acceptors (Lipinski definition) is 3. The van der Waals surface area contributed by atoms with Gasteiger partial charge in [-0.2, -0.15) is 0 Å². The Hall–Kier alpha value is -1.71. The first kappa shape index (κ1) is 12.4. The third-order valence-corrected chi connectivity index (χ3v) is 2.11. The van der Waals surface area contributed by atoms with Crippen LogP contribution in [0.25, 0.3) is 0 Å². The van der Waals surface area contributed by atoms with Crippen LogP contribution in [0.3, 0.4) is 0 Å². The quantitative estimate of drug-likeness (QED) is 0.583. The van der Waals surface area contributed by atoms with Crippen molar-refractivity contribution in [2.45, 2.75) is 20.3 Å². The first-order valence-corrected chi connectivity index (χ1v) is 5.10. The van der Waals surface area contributed by atoms with Crippen molar-refractivity contribution in [3.05, 3.63) is 35.1 Å². The summed E-state index contributed by atoms with van der Waals surface area (Å²) in [4.78, 5) is 23.0. The van der Waals surface area contributed by atoms with Crippen molar-refractivity contribution in [3.8, 4) is 0 Å². The van der Waals surface area contributed by atoms with Gasteiger partial charge < -0.3 is 4.74 Å². The van der Waals surface area contributed by atoms with Crippen LogP contribution in [0.15, 0.2) is 18.2 Å². The highest BCUT2D eigenvalue weighted by molar-refractivity contribution is 6.06. The molecule has 0 amide bonds. The van der Waals surface area contributed by atoms with Gasteiger partial charge in [-0.1, -0.05) is 13.0 Å². The second kappa shape index (κ2) is 5.39. The zero-order valence-electron chi connectivity index (χ0n) is 9.25. The van der Waals surface area contributed by atoms with Gasteiger partial charge in [0.05, 0.1) is 17.7 Å². The average molecular weight is 224 g/mol. The highest BCUT2D eigenvalue weighted by Gasteiger charge is 2.20. The molecule has 86 valence electrons. The monoisotopic (exact) mass is 224 g/mol. The molecule has 0 bridgehead atoms. The third-order valence-electron chi connectivity index (χ3n) is 2.11. The Morgan fingerprint density at radius 2 is 2.00 bits per heavy atom. The molecule has 0 aliphatic rings. The second-order valence-corrected chi connectivity index (χ2v) is 3.16. The summed E-state index contributed by atoms with van der Waals surface area (Å²) in [6, 6.07) is 3.93. The zero-order valence-corrected chi connectivity index (χ0v) is 9.25. The van der Waals surface area contributed by atoms with E-state index in [0.29, 0.717) is 0 Å². The van der Waals surface area contributed by atoms with Gasteiger partial charge in [0.15, 0.2) is 5.78 Å². The molecule has 0 spiro atoms. The molecule has 1 rings (SSSR count). The van der Waals surface area contributed by atoms with E-state index in [0.717, 1.165) is 6.07 Å². The molecule has 0 fully saturated rings. The number of Topliss-reactive ketones (excluding diaryl/α,β-unsaturated/α-hetero) is 1. The Labute approximate surface area is 93.2 Å². The van der Waals surface area contributed by atoms with Crippen LogP contribution in [0.2, 0.25) is 0 Å². The van der Waals surface area contributed by atoms with Crippen molar-refractivity contribution in [1.82, 2.24) is 0 Å². The fraction of sp³-hybridized carbons (Fsp3) is 0.333. The summed E-state index contributed by atoms with van der Waals surface area (Å²) >= 11 is 0. The average Bonchev–Trinajstić information content (AvgIpc) is 2.28. The molecule has 1 aromatic rings. The summed E-state index contributed by atoms with van der Waals surface area (Å²) in [5.41, 5.74) is -0.183. The molecule has 0 aliphatic heterocycles. The van der Waals surface area contributed by atoms with Crippen molar-refractivity contribution < 1.29 is 18.7 Å². The molecule has 0 heterocycles. The zero-order chi connectivity index (χ0) is 12.1. The lowest BCUT2D eigenvalue weighted by Gasteiger charge is -2.07. The van der Waals surface area contributed by atoms with Crippen LogP contribution in [0.5, 0.6) is 0 Å². The first-order chi connectivity index (χ1) is 7.61. The Morgan fingerprint density at radius 3 is 2.56 bits per heavy atom. The first-order valence-electron chi connectivity index (χ1n) is 5.10. The van der Waals surface area contributed by atoms with E-state index >= 15 is 0 Å². The van der Waals surface area contributed by atoms with Crippen molar-refractivity contribution >= 4 is 11.8 Å². The SMILES string of the molecule is CCOC(=O)c1cccc(F)c1C(=O)CC. The number of benzene rings is 1. The van der Waals surface area contributed by atoms with Crippen molar-refractivity contribution in [1.29, 1.82) is 0 Å². The molecule has 16 heavy (non-hydrogen) atoms. The molecule has 4 heteroatoms. The van der Waals surface area contributed by atoms with Gasteiger partial charge in [-0.3, -0.25) is 4.79 Å². The molecule has 0 N–H and O–H groups in total. The number of rotatable bonds is 4. The van der Waals surface area contributed by atoms with Crippen molar-refractivity contribution in [2.75, 3.05) is 6.61 Å². The van der Waals surface area contributed by atoms with Gasteiger partial charge in [-0.05, 0) is 19.1 Å². The van der Waals surface area contributed by atoms with Crippen LogP contribution < -0.4 is 0 Å². The lowest BCUT2D eigenvalue weighted by molar-refractivity contribution is 0.0522. The minimum Gasteiger partial charge on any atom is -0.462 e. The predicted octanol–water partition coefficient (Wildman–Crippen LogP) is 2.60. The van der Waals surface area contributed by atoms with E-state index in [4.69, 9.17) is 4.74 Å². The summed E-state index contributed by atoms with van der Waals surface area (Å²) in [6.07, 6.45) is 0.146. The molecule has 0 unspecified atom stereocenters. The smallest absolute Gasteiger partial charge is 0.338 e. The molecule has 0 atom stereocenters. The Bertz CT molecular complexity index is 413. The van der Waals surface area contributed by atoms with Crippen LogP contribution >= 0.6 is 0 Å². The standard InChI is InChI=1S/C12H13FO3/c1-3-10(14)11-8(12(15)16-4-2)6-5-7-9(11)13/h5-7H,3-4H2,1-2H3. The maximum atomic E-state index is 13.5. The van der Waals surface area contributed by atoms with Gasteiger partial charge in [0.2, 0.25) is 0 Å². The fourth-order valence-corrected chi connectivity index (χ4v) is 1.36. The molecule has 3 nitrogen and oxygen atoms in total. The Morgan fingerprint density at radius 1 is 1.31 bits per heavy atom. The molecule has 0 saturated heterocycles. The number of carbonyl (C=O) groups is 2. The minimum absolute atomic E-state index is 0.00583. The lowest BCUT2D eigenvalue weighted by atomic mass is 10.0. The van der Waals surface area contributed by atoms with E-state index in [-0.39, 0.29) is 24.2 Å². The molecular weight excluding hydrogens is 211 g/mol. The Kier molecular flexibility index (Phi) is 4.17. The van der Waals surface area contributed by atoms with Gasteiger partial charge in [0, 0.05) is 6.42 Å². The fourth-order valence-electron chi connectivity index (χ4n) is 1.36. The number of ether oxygens (including phenoxy) is 1. The normalized spacial score (nSPS) is 9.94. The van der Waals surface area contributed by atoms with E-state index in [1.54, 1.807) is 13.8 Å². The van der Waals surface area contributed by atoms with E-state index in [9.17, 15) is 14.0 Å². The summed E-state index contributed by atoms with van der Waals surface area (Å²) in [5, 5.41) is 0. The number of halogens is 1. The van der Waals surface area contributed by atoms with Gasteiger partial charge in [0.25, 0.3) is 0 Å². The minimum atomic E-state index is -0.683. The second-order valence-electron chi connectivity index (χ2n) is 3.16. The molecular formula is C12H13FO3. The van der Waals surface area contributed by atoms with Gasteiger partial charge in [-0.25, -0.2) is 9.18 Å². The molecule has 0 aromatic heterocycles. The lowest BCUT2D eigenvalue weighted by Crippen LogP contribution is -2.13. The number of ketones is 1. The third kappa shape index (κ3) is 2.45. The van der Waals surface area contributed by atoms with Crippen LogP contribution in [0, 0.1) is 5.82 Å². The van der Waals surface area contributed by atoms with Crippen molar-refractivity contribution in [3.63, 3.8) is 0 Å². The number of esters is 1. The topological polar surface area (TPSA) is 43.4 Å². The van der Waals surface area contributed by atoms with Gasteiger partial charge in [-0.15, -0.1) is 0 Å². The van der Waals surface area contributed by atoms with Crippen molar-refractivity contribution in [2.24, 2.45) is 0 Å². The van der Waals surface area contributed by atoms with E-state index in [1.807, 2.05) is 0 Å². The summed E-state index contributed by atoms with van der Waals surface area (Å²) in [6.45, 7) is 3.46. The maximum Gasteiger partial charge on any atom is 0.338 e.